The molecule has 2 rings (SSSR count). The van der Waals surface area contributed by atoms with Gasteiger partial charge in [0.1, 0.15) is 0 Å². The van der Waals surface area contributed by atoms with Gasteiger partial charge in [-0.2, -0.15) is 0 Å². The minimum atomic E-state index is -0.240. The van der Waals surface area contributed by atoms with Crippen molar-refractivity contribution in [3.63, 3.8) is 0 Å². The molecule has 2 aromatic rings. The molecule has 0 aliphatic carbocycles. The maximum atomic E-state index is 12.1. The van der Waals surface area contributed by atoms with Gasteiger partial charge in [-0.1, -0.05) is 35.3 Å². The first-order valence-corrected chi connectivity index (χ1v) is 7.03. The second-order valence-corrected chi connectivity index (χ2v) is 5.47. The smallest absolute Gasteiger partial charge is 0.321 e. The average molecular weight is 324 g/mol. The molecule has 0 aliphatic rings. The Kier molecular flexibility index (Phi) is 4.94. The molecule has 6 heteroatoms. The van der Waals surface area contributed by atoms with Crippen LogP contribution in [0.3, 0.4) is 0 Å². The molecule has 0 unspecified atom stereocenters. The Labute approximate surface area is 133 Å². The number of nitrogens with one attached hydrogen (secondary N) is 1. The molecule has 21 heavy (non-hydrogen) atoms. The van der Waals surface area contributed by atoms with Gasteiger partial charge in [0.05, 0.1) is 10.0 Å². The number of carbonyl (C=O) groups is 1. The molecule has 0 heterocycles. The summed E-state index contributed by atoms with van der Waals surface area (Å²) in [5.41, 5.74) is 7.94. The van der Waals surface area contributed by atoms with E-state index < -0.39 is 0 Å². The second-order valence-electron chi connectivity index (χ2n) is 4.66. The van der Waals surface area contributed by atoms with Gasteiger partial charge in [0, 0.05) is 25.0 Å². The third-order valence-electron chi connectivity index (χ3n) is 2.89. The molecular weight excluding hydrogens is 309 g/mol. The summed E-state index contributed by atoms with van der Waals surface area (Å²) in [5, 5.41) is 3.60. The van der Waals surface area contributed by atoms with Crippen molar-refractivity contribution < 1.29 is 4.79 Å². The van der Waals surface area contributed by atoms with E-state index in [2.05, 4.69) is 5.32 Å². The molecule has 110 valence electrons. The number of amides is 2. The first kappa shape index (κ1) is 15.5. The molecule has 0 spiro atoms. The average Bonchev–Trinajstić information content (AvgIpc) is 2.43. The zero-order chi connectivity index (χ0) is 15.4. The summed E-state index contributed by atoms with van der Waals surface area (Å²) >= 11 is 11.7. The summed E-state index contributed by atoms with van der Waals surface area (Å²) < 4.78 is 0. The zero-order valence-electron chi connectivity index (χ0n) is 11.4. The lowest BCUT2D eigenvalue weighted by atomic mass is 10.2. The number of nitrogens with two attached hydrogens (primary N) is 1. The van der Waals surface area contributed by atoms with Gasteiger partial charge in [-0.25, -0.2) is 4.79 Å². The van der Waals surface area contributed by atoms with Crippen molar-refractivity contribution in [3.05, 3.63) is 58.1 Å². The molecule has 0 aromatic heterocycles. The first-order chi connectivity index (χ1) is 9.95. The molecule has 0 bridgehead atoms. The fraction of sp³-hybridized carbons (Fsp3) is 0.133. The highest BCUT2D eigenvalue weighted by Crippen LogP contribution is 2.25. The van der Waals surface area contributed by atoms with Crippen LogP contribution in [0, 0.1) is 0 Å². The monoisotopic (exact) mass is 323 g/mol. The van der Waals surface area contributed by atoms with Crippen molar-refractivity contribution in [1.82, 2.24) is 4.90 Å². The van der Waals surface area contributed by atoms with Crippen molar-refractivity contribution in [2.75, 3.05) is 18.1 Å². The number of urea groups is 1. The van der Waals surface area contributed by atoms with Crippen LogP contribution in [-0.2, 0) is 6.54 Å². The summed E-state index contributed by atoms with van der Waals surface area (Å²) in [5.74, 6) is 0. The molecular formula is C15H15Cl2N3O. The molecule has 0 radical (unpaired) electrons. The van der Waals surface area contributed by atoms with Crippen LogP contribution >= 0.6 is 23.2 Å². The van der Waals surface area contributed by atoms with Gasteiger partial charge >= 0.3 is 6.03 Å². The van der Waals surface area contributed by atoms with Gasteiger partial charge in [-0.05, 0) is 35.9 Å². The van der Waals surface area contributed by atoms with Crippen molar-refractivity contribution in [2.45, 2.75) is 6.54 Å². The minimum absolute atomic E-state index is 0.240. The molecule has 2 amide bonds. The van der Waals surface area contributed by atoms with Crippen LogP contribution in [0.2, 0.25) is 10.0 Å². The second kappa shape index (κ2) is 6.70. The normalized spacial score (nSPS) is 10.2. The van der Waals surface area contributed by atoms with E-state index in [1.165, 1.54) is 0 Å². The molecule has 0 fully saturated rings. The third kappa shape index (κ3) is 4.28. The number of nitrogen functional groups attached to an aromatic ring is 1. The fourth-order valence-corrected chi connectivity index (χ4v) is 2.13. The van der Waals surface area contributed by atoms with E-state index in [4.69, 9.17) is 28.9 Å². The number of carbonyl (C=O) groups excluding carboxylic acids is 1. The quantitative estimate of drug-likeness (QED) is 0.830. The lowest BCUT2D eigenvalue weighted by Gasteiger charge is -2.18. The zero-order valence-corrected chi connectivity index (χ0v) is 12.9. The van der Waals surface area contributed by atoms with Crippen molar-refractivity contribution in [3.8, 4) is 0 Å². The number of halogens is 2. The number of rotatable bonds is 3. The molecule has 3 N–H and O–H groups in total. The van der Waals surface area contributed by atoms with Gasteiger partial charge < -0.3 is 16.0 Å². The Hall–Kier alpha value is -1.91. The van der Waals surface area contributed by atoms with Crippen LogP contribution in [0.5, 0.6) is 0 Å². The van der Waals surface area contributed by atoms with Gasteiger partial charge in [0.2, 0.25) is 0 Å². The van der Waals surface area contributed by atoms with E-state index in [1.807, 2.05) is 18.2 Å². The summed E-state index contributed by atoms with van der Waals surface area (Å²) in [6.45, 7) is 0.457. The van der Waals surface area contributed by atoms with Crippen LogP contribution in [0.25, 0.3) is 0 Å². The molecule has 0 saturated carbocycles. The molecule has 0 atom stereocenters. The molecule has 2 aromatic carbocycles. The molecule has 0 aliphatic heterocycles. The van der Waals surface area contributed by atoms with Crippen LogP contribution in [0.1, 0.15) is 5.56 Å². The standard InChI is InChI=1S/C15H15Cl2N3O/c1-20(9-10-3-2-4-11(18)7-10)15(21)19-12-5-6-13(16)14(17)8-12/h2-8H,9,18H2,1H3,(H,19,21). The lowest BCUT2D eigenvalue weighted by molar-refractivity contribution is 0.220. The highest BCUT2D eigenvalue weighted by molar-refractivity contribution is 6.42. The van der Waals surface area contributed by atoms with Crippen molar-refractivity contribution in [2.24, 2.45) is 0 Å². The Bertz CT molecular complexity index is 661. The summed E-state index contributed by atoms with van der Waals surface area (Å²) in [6, 6.07) is 12.1. The Morgan fingerprint density at radius 1 is 1.19 bits per heavy atom. The van der Waals surface area contributed by atoms with Gasteiger partial charge in [-0.15, -0.1) is 0 Å². The topological polar surface area (TPSA) is 58.4 Å². The van der Waals surface area contributed by atoms with Crippen LogP contribution in [0.15, 0.2) is 42.5 Å². The predicted octanol–water partition coefficient (Wildman–Crippen LogP) is 4.24. The van der Waals surface area contributed by atoms with E-state index in [1.54, 1.807) is 36.2 Å². The predicted molar refractivity (Wildman–Crippen MR) is 87.8 cm³/mol. The summed E-state index contributed by atoms with van der Waals surface area (Å²) in [4.78, 5) is 13.7. The van der Waals surface area contributed by atoms with E-state index in [9.17, 15) is 4.79 Å². The van der Waals surface area contributed by atoms with Gasteiger partial charge in [-0.3, -0.25) is 0 Å². The Balaban J connectivity index is 2.00. The lowest BCUT2D eigenvalue weighted by Crippen LogP contribution is -2.30. The Morgan fingerprint density at radius 3 is 2.62 bits per heavy atom. The largest absolute Gasteiger partial charge is 0.399 e. The molecule has 0 saturated heterocycles. The van der Waals surface area contributed by atoms with Crippen molar-refractivity contribution >= 4 is 40.6 Å². The number of nitrogens with zero attached hydrogens (tertiary/aromatic N) is 1. The van der Waals surface area contributed by atoms with Crippen LogP contribution in [-0.4, -0.2) is 18.0 Å². The SMILES string of the molecule is CN(Cc1cccc(N)c1)C(=O)Nc1ccc(Cl)c(Cl)c1. The van der Waals surface area contributed by atoms with E-state index >= 15 is 0 Å². The summed E-state index contributed by atoms with van der Waals surface area (Å²) in [6.07, 6.45) is 0. The fourth-order valence-electron chi connectivity index (χ4n) is 1.83. The molecule has 4 nitrogen and oxygen atoms in total. The van der Waals surface area contributed by atoms with Crippen LogP contribution < -0.4 is 11.1 Å². The highest BCUT2D eigenvalue weighted by Gasteiger charge is 2.10. The number of benzene rings is 2. The van der Waals surface area contributed by atoms with E-state index in [0.29, 0.717) is 28.0 Å². The third-order valence-corrected chi connectivity index (χ3v) is 3.63. The number of anilines is 2. The van der Waals surface area contributed by atoms with E-state index in [0.717, 1.165) is 5.56 Å². The number of hydrogen-bond donors (Lipinski definition) is 2. The van der Waals surface area contributed by atoms with Gasteiger partial charge in [0.15, 0.2) is 0 Å². The Morgan fingerprint density at radius 2 is 1.95 bits per heavy atom. The van der Waals surface area contributed by atoms with E-state index in [-0.39, 0.29) is 6.03 Å². The minimum Gasteiger partial charge on any atom is -0.399 e. The van der Waals surface area contributed by atoms with Crippen molar-refractivity contribution in [1.29, 1.82) is 0 Å². The maximum absolute atomic E-state index is 12.1. The van der Waals surface area contributed by atoms with Gasteiger partial charge in [0.25, 0.3) is 0 Å². The van der Waals surface area contributed by atoms with Crippen LogP contribution in [0.4, 0.5) is 16.2 Å². The summed E-state index contributed by atoms with van der Waals surface area (Å²) in [7, 11) is 1.70. The highest BCUT2D eigenvalue weighted by atomic mass is 35.5. The first-order valence-electron chi connectivity index (χ1n) is 6.27. The number of hydrogen-bond acceptors (Lipinski definition) is 2. The maximum Gasteiger partial charge on any atom is 0.321 e.